The summed E-state index contributed by atoms with van der Waals surface area (Å²) in [6, 6.07) is 24.2. The van der Waals surface area contributed by atoms with Gasteiger partial charge < -0.3 is 4.79 Å². The molecule has 5 nitrogen and oxygen atoms in total. The van der Waals surface area contributed by atoms with Crippen LogP contribution in [0.3, 0.4) is 0 Å². The smallest absolute Gasteiger partial charge is 0.106 e. The standard InChI is InChI=1S/2C11H10N2.CH2O/c2*1-9-7-11(13-12-8-9)10-5-3-2-4-6-10;1-2/h2*2-8H,1H3;1H2. The number of nitrogens with zero attached hydrogens (tertiary/aromatic N) is 4. The topological polar surface area (TPSA) is 68.6 Å². The molecule has 0 N–H and O–H groups in total. The zero-order valence-electron chi connectivity index (χ0n) is 16.0. The Morgan fingerprint density at radius 1 is 0.607 bits per heavy atom. The molecule has 140 valence electrons. The molecule has 0 bridgehead atoms. The van der Waals surface area contributed by atoms with Crippen molar-refractivity contribution in [1.29, 1.82) is 0 Å². The first kappa shape index (κ1) is 20.6. The molecule has 2 heterocycles. The lowest BCUT2D eigenvalue weighted by Crippen LogP contribution is -1.87. The Bertz CT molecular complexity index is 895. The number of carbonyl (C=O) groups is 1. The average Bonchev–Trinajstić information content (AvgIpc) is 2.77. The molecule has 2 aromatic heterocycles. The summed E-state index contributed by atoms with van der Waals surface area (Å²) in [5, 5.41) is 15.9. The Kier molecular flexibility index (Phi) is 8.15. The van der Waals surface area contributed by atoms with E-state index in [9.17, 15) is 0 Å². The first-order valence-electron chi connectivity index (χ1n) is 8.71. The van der Waals surface area contributed by atoms with E-state index in [1.54, 1.807) is 12.4 Å². The van der Waals surface area contributed by atoms with Gasteiger partial charge in [0, 0.05) is 11.1 Å². The molecule has 4 rings (SSSR count). The maximum atomic E-state index is 8.00. The molecule has 0 atom stereocenters. The third-order valence-corrected chi connectivity index (χ3v) is 3.72. The quantitative estimate of drug-likeness (QED) is 0.511. The van der Waals surface area contributed by atoms with Gasteiger partial charge >= 0.3 is 0 Å². The Hall–Kier alpha value is -3.73. The summed E-state index contributed by atoms with van der Waals surface area (Å²) < 4.78 is 0. The van der Waals surface area contributed by atoms with Gasteiger partial charge in [-0.1, -0.05) is 60.7 Å². The zero-order valence-corrected chi connectivity index (χ0v) is 16.0. The van der Waals surface area contributed by atoms with Gasteiger partial charge in [0.25, 0.3) is 0 Å². The van der Waals surface area contributed by atoms with Gasteiger partial charge in [-0.2, -0.15) is 20.4 Å². The van der Waals surface area contributed by atoms with Crippen molar-refractivity contribution in [1.82, 2.24) is 20.4 Å². The van der Waals surface area contributed by atoms with E-state index in [4.69, 9.17) is 4.79 Å². The molecule has 4 aromatic rings. The number of aromatic nitrogens is 4. The lowest BCUT2D eigenvalue weighted by Gasteiger charge is -1.99. The highest BCUT2D eigenvalue weighted by molar-refractivity contribution is 5.59. The third-order valence-electron chi connectivity index (χ3n) is 3.72. The van der Waals surface area contributed by atoms with Crippen LogP contribution in [0.25, 0.3) is 22.5 Å². The van der Waals surface area contributed by atoms with Crippen LogP contribution in [0.2, 0.25) is 0 Å². The van der Waals surface area contributed by atoms with Gasteiger partial charge in [-0.05, 0) is 37.1 Å². The predicted molar refractivity (Wildman–Crippen MR) is 112 cm³/mol. The van der Waals surface area contributed by atoms with E-state index in [0.717, 1.165) is 33.6 Å². The molecule has 28 heavy (non-hydrogen) atoms. The van der Waals surface area contributed by atoms with Gasteiger partial charge in [0.05, 0.1) is 23.8 Å². The fourth-order valence-corrected chi connectivity index (χ4v) is 2.43. The molecule has 5 heteroatoms. The van der Waals surface area contributed by atoms with Gasteiger partial charge in [-0.25, -0.2) is 0 Å². The molecule has 0 fully saturated rings. The molecular formula is C23H22N4O. The Morgan fingerprint density at radius 2 is 0.964 bits per heavy atom. The van der Waals surface area contributed by atoms with E-state index in [1.807, 2.05) is 93.4 Å². The van der Waals surface area contributed by atoms with Crippen molar-refractivity contribution in [3.63, 3.8) is 0 Å². The summed E-state index contributed by atoms with van der Waals surface area (Å²) in [4.78, 5) is 8.00. The fraction of sp³-hybridized carbons (Fsp3) is 0.0870. The van der Waals surface area contributed by atoms with E-state index in [0.29, 0.717) is 0 Å². The molecule has 0 aliphatic heterocycles. The lowest BCUT2D eigenvalue weighted by molar-refractivity contribution is -0.0979. The summed E-state index contributed by atoms with van der Waals surface area (Å²) in [5.41, 5.74) is 6.35. The number of hydrogen-bond acceptors (Lipinski definition) is 5. The Morgan fingerprint density at radius 3 is 1.29 bits per heavy atom. The van der Waals surface area contributed by atoms with E-state index in [2.05, 4.69) is 20.4 Å². The van der Waals surface area contributed by atoms with Crippen molar-refractivity contribution in [2.24, 2.45) is 0 Å². The van der Waals surface area contributed by atoms with Crippen molar-refractivity contribution >= 4 is 6.79 Å². The highest BCUT2D eigenvalue weighted by Gasteiger charge is 1.98. The van der Waals surface area contributed by atoms with E-state index < -0.39 is 0 Å². The first-order chi connectivity index (χ1) is 13.7. The summed E-state index contributed by atoms with van der Waals surface area (Å²) in [7, 11) is 0. The SMILES string of the molecule is C=O.Cc1cnnc(-c2ccccc2)c1.Cc1cnnc(-c2ccccc2)c1. The van der Waals surface area contributed by atoms with Crippen LogP contribution in [0.4, 0.5) is 0 Å². The number of carbonyl (C=O) groups excluding carboxylic acids is 1. The van der Waals surface area contributed by atoms with Gasteiger partial charge in [0.1, 0.15) is 6.79 Å². The van der Waals surface area contributed by atoms with Gasteiger partial charge in [-0.3, -0.25) is 0 Å². The highest BCUT2D eigenvalue weighted by atomic mass is 16.1. The number of hydrogen-bond donors (Lipinski definition) is 0. The molecule has 0 unspecified atom stereocenters. The van der Waals surface area contributed by atoms with Crippen molar-refractivity contribution in [2.45, 2.75) is 13.8 Å². The average molecular weight is 370 g/mol. The molecule has 0 saturated carbocycles. The van der Waals surface area contributed by atoms with Crippen LogP contribution in [0, 0.1) is 13.8 Å². The molecule has 0 saturated heterocycles. The minimum atomic E-state index is 0.931. The van der Waals surface area contributed by atoms with Crippen LogP contribution in [-0.2, 0) is 4.79 Å². The molecule has 0 aliphatic carbocycles. The van der Waals surface area contributed by atoms with Gasteiger partial charge in [0.15, 0.2) is 0 Å². The summed E-state index contributed by atoms with van der Waals surface area (Å²) in [6.45, 7) is 6.03. The van der Waals surface area contributed by atoms with Crippen molar-refractivity contribution < 1.29 is 4.79 Å². The molecule has 0 amide bonds. The third kappa shape index (κ3) is 6.21. The predicted octanol–water partition coefficient (Wildman–Crippen LogP) is 4.72. The van der Waals surface area contributed by atoms with Crippen LogP contribution < -0.4 is 0 Å². The number of benzene rings is 2. The van der Waals surface area contributed by atoms with Gasteiger partial charge in [0.2, 0.25) is 0 Å². The summed E-state index contributed by atoms with van der Waals surface area (Å²) in [6.07, 6.45) is 3.51. The molecule has 2 aromatic carbocycles. The number of rotatable bonds is 2. The lowest BCUT2D eigenvalue weighted by atomic mass is 10.1. The van der Waals surface area contributed by atoms with Crippen LogP contribution >= 0.6 is 0 Å². The van der Waals surface area contributed by atoms with Crippen LogP contribution in [-0.4, -0.2) is 27.2 Å². The highest BCUT2D eigenvalue weighted by Crippen LogP contribution is 2.16. The zero-order chi connectivity index (χ0) is 20.2. The second-order valence-electron chi connectivity index (χ2n) is 5.97. The molecule has 0 aliphatic rings. The Labute approximate surface area is 165 Å². The summed E-state index contributed by atoms with van der Waals surface area (Å²) >= 11 is 0. The van der Waals surface area contributed by atoms with Crippen molar-refractivity contribution in [2.75, 3.05) is 0 Å². The monoisotopic (exact) mass is 370 g/mol. The van der Waals surface area contributed by atoms with Gasteiger partial charge in [-0.15, -0.1) is 0 Å². The largest absolute Gasteiger partial charge is 0.307 e. The van der Waals surface area contributed by atoms with Crippen LogP contribution in [0.5, 0.6) is 0 Å². The maximum Gasteiger partial charge on any atom is 0.106 e. The fourth-order valence-electron chi connectivity index (χ4n) is 2.43. The summed E-state index contributed by atoms with van der Waals surface area (Å²) in [5.74, 6) is 0. The second-order valence-corrected chi connectivity index (χ2v) is 5.97. The van der Waals surface area contributed by atoms with Crippen LogP contribution in [0.1, 0.15) is 11.1 Å². The normalized spacial score (nSPS) is 9.36. The first-order valence-corrected chi connectivity index (χ1v) is 8.71. The van der Waals surface area contributed by atoms with E-state index in [-0.39, 0.29) is 0 Å². The Balaban J connectivity index is 0.000000184. The number of aryl methyl sites for hydroxylation is 2. The molecular weight excluding hydrogens is 348 g/mol. The van der Waals surface area contributed by atoms with Crippen LogP contribution in [0.15, 0.2) is 85.2 Å². The maximum absolute atomic E-state index is 8.00. The minimum absolute atomic E-state index is 0.931. The molecule has 0 spiro atoms. The minimum Gasteiger partial charge on any atom is -0.307 e. The van der Waals surface area contributed by atoms with Crippen molar-refractivity contribution in [3.8, 4) is 22.5 Å². The van der Waals surface area contributed by atoms with E-state index in [1.165, 1.54) is 0 Å². The molecule has 0 radical (unpaired) electrons. The van der Waals surface area contributed by atoms with Crippen molar-refractivity contribution in [3.05, 3.63) is 96.3 Å². The second kappa shape index (κ2) is 11.1. The van der Waals surface area contributed by atoms with E-state index >= 15 is 0 Å².